The van der Waals surface area contributed by atoms with Crippen LogP contribution in [0.1, 0.15) is 25.7 Å². The summed E-state index contributed by atoms with van der Waals surface area (Å²) >= 11 is 0. The predicted molar refractivity (Wildman–Crippen MR) is 59.0 cm³/mol. The van der Waals surface area contributed by atoms with E-state index >= 15 is 0 Å². The molecule has 1 saturated carbocycles. The van der Waals surface area contributed by atoms with E-state index in [1.165, 1.54) is 4.90 Å². The van der Waals surface area contributed by atoms with Gasteiger partial charge in [-0.05, 0) is 19.3 Å². The summed E-state index contributed by atoms with van der Waals surface area (Å²) in [4.78, 5) is 13.4. The van der Waals surface area contributed by atoms with Crippen LogP contribution in [-0.2, 0) is 9.53 Å². The quantitative estimate of drug-likeness (QED) is 0.634. The van der Waals surface area contributed by atoms with Gasteiger partial charge < -0.3 is 19.8 Å². The summed E-state index contributed by atoms with van der Waals surface area (Å²) in [6, 6.07) is 0. The number of methoxy groups -OCH3 is 1. The van der Waals surface area contributed by atoms with Crippen molar-refractivity contribution in [1.29, 1.82) is 0 Å². The minimum atomic E-state index is -0.291. The molecule has 0 heterocycles. The lowest BCUT2D eigenvalue weighted by molar-refractivity contribution is -0.145. The molecule has 2 N–H and O–H groups in total. The lowest BCUT2D eigenvalue weighted by Gasteiger charge is -2.41. The minimum absolute atomic E-state index is 0.0512. The van der Waals surface area contributed by atoms with Crippen molar-refractivity contribution in [2.24, 2.45) is 0 Å². The fraction of sp³-hybridized carbons (Fsp3) is 0.909. The summed E-state index contributed by atoms with van der Waals surface area (Å²) in [5.41, 5.74) is -0.291. The van der Waals surface area contributed by atoms with Gasteiger partial charge in [-0.1, -0.05) is 0 Å². The van der Waals surface area contributed by atoms with E-state index in [1.54, 1.807) is 7.11 Å². The highest BCUT2D eigenvalue weighted by Crippen LogP contribution is 2.38. The number of carbonyl (C=O) groups excluding carboxylic acids is 1. The Hall–Kier alpha value is -0.650. The molecular weight excluding hydrogens is 210 g/mol. The first kappa shape index (κ1) is 13.4. The van der Waals surface area contributed by atoms with Crippen molar-refractivity contribution < 1.29 is 19.7 Å². The van der Waals surface area contributed by atoms with Gasteiger partial charge in [0.1, 0.15) is 0 Å². The maximum absolute atomic E-state index is 11.9. The van der Waals surface area contributed by atoms with Crippen LogP contribution in [0.4, 0.5) is 0 Å². The molecule has 0 aromatic rings. The van der Waals surface area contributed by atoms with Crippen molar-refractivity contribution in [2.45, 2.75) is 31.3 Å². The average molecular weight is 231 g/mol. The second kappa shape index (κ2) is 6.18. The third-order valence-electron chi connectivity index (χ3n) is 3.26. The van der Waals surface area contributed by atoms with Crippen molar-refractivity contribution in [3.05, 3.63) is 0 Å². The Morgan fingerprint density at radius 1 is 1.31 bits per heavy atom. The van der Waals surface area contributed by atoms with Gasteiger partial charge in [-0.25, -0.2) is 0 Å². The normalized spacial score (nSPS) is 17.9. The third-order valence-corrected chi connectivity index (χ3v) is 3.26. The lowest BCUT2D eigenvalue weighted by atomic mass is 9.77. The van der Waals surface area contributed by atoms with Crippen LogP contribution in [0.2, 0.25) is 0 Å². The van der Waals surface area contributed by atoms with Gasteiger partial charge in [0, 0.05) is 20.2 Å². The van der Waals surface area contributed by atoms with E-state index in [9.17, 15) is 4.79 Å². The molecule has 0 atom stereocenters. The summed E-state index contributed by atoms with van der Waals surface area (Å²) < 4.78 is 5.38. The molecule has 1 amide bonds. The number of rotatable bonds is 7. The molecule has 1 aliphatic carbocycles. The fourth-order valence-electron chi connectivity index (χ4n) is 2.01. The molecule has 0 saturated heterocycles. The van der Waals surface area contributed by atoms with Gasteiger partial charge in [-0.2, -0.15) is 0 Å². The fourth-order valence-corrected chi connectivity index (χ4v) is 2.01. The molecule has 16 heavy (non-hydrogen) atoms. The molecule has 0 aromatic heterocycles. The number of aliphatic hydroxyl groups is 2. The van der Waals surface area contributed by atoms with E-state index in [2.05, 4.69) is 0 Å². The largest absolute Gasteiger partial charge is 0.395 e. The molecule has 0 unspecified atom stereocenters. The number of aliphatic hydroxyl groups excluding tert-OH is 2. The van der Waals surface area contributed by atoms with Gasteiger partial charge in [0.05, 0.1) is 25.2 Å². The molecule has 94 valence electrons. The molecule has 5 heteroatoms. The van der Waals surface area contributed by atoms with Crippen LogP contribution in [-0.4, -0.2) is 60.0 Å². The van der Waals surface area contributed by atoms with Gasteiger partial charge in [0.15, 0.2) is 0 Å². The van der Waals surface area contributed by atoms with Crippen molar-refractivity contribution in [2.75, 3.05) is 33.4 Å². The summed E-state index contributed by atoms with van der Waals surface area (Å²) in [6.07, 6.45) is 3.28. The Morgan fingerprint density at radius 3 is 2.19 bits per heavy atom. The van der Waals surface area contributed by atoms with E-state index in [4.69, 9.17) is 14.9 Å². The standard InChI is InChI=1S/C11H21NO4/c1-16-11(3-2-4-11)9-10(15)12(5-7-13)6-8-14/h13-14H,2-9H2,1H3. The molecule has 0 aromatic carbocycles. The summed E-state index contributed by atoms with van der Waals surface area (Å²) in [5, 5.41) is 17.7. The lowest BCUT2D eigenvalue weighted by Crippen LogP contribution is -2.46. The maximum Gasteiger partial charge on any atom is 0.225 e. The first-order valence-electron chi connectivity index (χ1n) is 5.72. The predicted octanol–water partition coefficient (Wildman–Crippen LogP) is -0.241. The average Bonchev–Trinajstić information content (AvgIpc) is 2.23. The SMILES string of the molecule is COC1(CC(=O)N(CCO)CCO)CCC1. The third kappa shape index (κ3) is 3.17. The zero-order chi connectivity index (χ0) is 12.0. The van der Waals surface area contributed by atoms with Crippen LogP contribution in [0.3, 0.4) is 0 Å². The number of ether oxygens (including phenoxy) is 1. The highest BCUT2D eigenvalue weighted by Gasteiger charge is 2.39. The Bertz CT molecular complexity index is 217. The van der Waals surface area contributed by atoms with Gasteiger partial charge in [0.2, 0.25) is 5.91 Å². The van der Waals surface area contributed by atoms with Crippen LogP contribution in [0.5, 0.6) is 0 Å². The van der Waals surface area contributed by atoms with Crippen LogP contribution < -0.4 is 0 Å². The van der Waals surface area contributed by atoms with Crippen molar-refractivity contribution in [1.82, 2.24) is 4.90 Å². The highest BCUT2D eigenvalue weighted by molar-refractivity contribution is 5.77. The number of hydrogen-bond acceptors (Lipinski definition) is 4. The zero-order valence-corrected chi connectivity index (χ0v) is 9.81. The molecule has 0 aliphatic heterocycles. The van der Waals surface area contributed by atoms with Crippen LogP contribution in [0, 0.1) is 0 Å². The Balaban J connectivity index is 2.47. The van der Waals surface area contributed by atoms with Gasteiger partial charge >= 0.3 is 0 Å². The number of amides is 1. The van der Waals surface area contributed by atoms with Crippen LogP contribution >= 0.6 is 0 Å². The van der Waals surface area contributed by atoms with Crippen molar-refractivity contribution in [3.63, 3.8) is 0 Å². The molecule has 0 radical (unpaired) electrons. The number of hydrogen-bond donors (Lipinski definition) is 2. The molecule has 1 fully saturated rings. The van der Waals surface area contributed by atoms with Crippen LogP contribution in [0.25, 0.3) is 0 Å². The molecular formula is C11H21NO4. The molecule has 0 spiro atoms. The monoisotopic (exact) mass is 231 g/mol. The van der Waals surface area contributed by atoms with Crippen LogP contribution in [0.15, 0.2) is 0 Å². The van der Waals surface area contributed by atoms with Crippen molar-refractivity contribution >= 4 is 5.91 Å². The summed E-state index contributed by atoms with van der Waals surface area (Å²) in [7, 11) is 1.63. The van der Waals surface area contributed by atoms with Gasteiger partial charge in [-0.15, -0.1) is 0 Å². The van der Waals surface area contributed by atoms with Gasteiger partial charge in [0.25, 0.3) is 0 Å². The molecule has 1 rings (SSSR count). The van der Waals surface area contributed by atoms with Crippen molar-refractivity contribution in [3.8, 4) is 0 Å². The maximum atomic E-state index is 11.9. The summed E-state index contributed by atoms with van der Waals surface area (Å²) in [6.45, 7) is 0.399. The second-order valence-corrected chi connectivity index (χ2v) is 4.25. The minimum Gasteiger partial charge on any atom is -0.395 e. The Morgan fingerprint density at radius 2 is 1.88 bits per heavy atom. The second-order valence-electron chi connectivity index (χ2n) is 4.25. The molecule has 5 nitrogen and oxygen atoms in total. The van der Waals surface area contributed by atoms with E-state index < -0.39 is 0 Å². The van der Waals surface area contributed by atoms with Gasteiger partial charge in [-0.3, -0.25) is 4.79 Å². The van der Waals surface area contributed by atoms with E-state index in [-0.39, 0.29) is 37.8 Å². The Kier molecular flexibility index (Phi) is 5.18. The number of carbonyl (C=O) groups is 1. The first-order valence-corrected chi connectivity index (χ1v) is 5.72. The highest BCUT2D eigenvalue weighted by atomic mass is 16.5. The topological polar surface area (TPSA) is 70.0 Å². The molecule has 0 bridgehead atoms. The van der Waals surface area contributed by atoms with E-state index in [0.717, 1.165) is 19.3 Å². The Labute approximate surface area is 96.0 Å². The first-order chi connectivity index (χ1) is 7.67. The molecule has 1 aliphatic rings. The van der Waals surface area contributed by atoms with E-state index in [1.807, 2.05) is 0 Å². The number of nitrogens with zero attached hydrogens (tertiary/aromatic N) is 1. The van der Waals surface area contributed by atoms with E-state index in [0.29, 0.717) is 6.42 Å². The smallest absolute Gasteiger partial charge is 0.225 e. The zero-order valence-electron chi connectivity index (χ0n) is 9.81. The summed E-state index contributed by atoms with van der Waals surface area (Å²) in [5.74, 6) is -0.0512.